The first-order chi connectivity index (χ1) is 9.56. The molecule has 5 heteroatoms. The molecule has 0 unspecified atom stereocenters. The van der Waals surface area contributed by atoms with E-state index in [0.717, 1.165) is 27.9 Å². The first kappa shape index (κ1) is 14.9. The van der Waals surface area contributed by atoms with E-state index in [1.54, 1.807) is 12.1 Å². The first-order valence-corrected chi connectivity index (χ1v) is 7.52. The lowest BCUT2D eigenvalue weighted by atomic mass is 10.1. The van der Waals surface area contributed by atoms with Crippen molar-refractivity contribution in [3.63, 3.8) is 0 Å². The second kappa shape index (κ2) is 6.33. The fraction of sp³-hybridized carbons (Fsp3) is 0.400. The van der Waals surface area contributed by atoms with Gasteiger partial charge >= 0.3 is 0 Å². The molecule has 0 bridgehead atoms. The Morgan fingerprint density at radius 2 is 1.95 bits per heavy atom. The van der Waals surface area contributed by atoms with E-state index in [1.165, 1.54) is 23.5 Å². The van der Waals surface area contributed by atoms with E-state index in [-0.39, 0.29) is 18.3 Å². The number of aliphatic hydroxyl groups is 1. The Balaban J connectivity index is 2.39. The number of hydrogen-bond donors (Lipinski definition) is 1. The minimum Gasteiger partial charge on any atom is -0.391 e. The number of aromatic nitrogens is 1. The summed E-state index contributed by atoms with van der Waals surface area (Å²) >= 11 is 1.49. The Labute approximate surface area is 122 Å². The van der Waals surface area contributed by atoms with Crippen molar-refractivity contribution in [3.8, 4) is 0 Å². The smallest absolute Gasteiger partial charge is 0.190 e. The van der Waals surface area contributed by atoms with Crippen LogP contribution < -0.4 is 4.90 Å². The summed E-state index contributed by atoms with van der Waals surface area (Å²) in [7, 11) is 0. The van der Waals surface area contributed by atoms with Crippen LogP contribution in [-0.2, 0) is 6.61 Å². The van der Waals surface area contributed by atoms with Crippen LogP contribution in [0.1, 0.15) is 37.3 Å². The van der Waals surface area contributed by atoms with E-state index in [9.17, 15) is 9.50 Å². The van der Waals surface area contributed by atoms with E-state index in [2.05, 4.69) is 18.8 Å². The van der Waals surface area contributed by atoms with Crippen molar-refractivity contribution in [3.05, 3.63) is 40.7 Å². The Morgan fingerprint density at radius 3 is 2.40 bits per heavy atom. The number of halogens is 1. The maximum Gasteiger partial charge on any atom is 0.190 e. The number of hydrogen-bond acceptors (Lipinski definition) is 4. The predicted molar refractivity (Wildman–Crippen MR) is 81.2 cm³/mol. The van der Waals surface area contributed by atoms with E-state index in [0.29, 0.717) is 0 Å². The van der Waals surface area contributed by atoms with Crippen molar-refractivity contribution in [1.82, 2.24) is 4.98 Å². The van der Waals surface area contributed by atoms with Crippen LogP contribution in [0.25, 0.3) is 0 Å². The van der Waals surface area contributed by atoms with Gasteiger partial charge in [0.1, 0.15) is 5.82 Å². The van der Waals surface area contributed by atoms with Gasteiger partial charge in [0.25, 0.3) is 0 Å². The topological polar surface area (TPSA) is 36.4 Å². The molecule has 0 atom stereocenters. The highest BCUT2D eigenvalue weighted by molar-refractivity contribution is 7.15. The molecule has 0 spiro atoms. The van der Waals surface area contributed by atoms with E-state index >= 15 is 0 Å². The highest BCUT2D eigenvalue weighted by Gasteiger charge is 2.18. The molecular formula is C15H19FN2OS. The fourth-order valence-electron chi connectivity index (χ4n) is 2.08. The average Bonchev–Trinajstić information content (AvgIpc) is 2.86. The lowest BCUT2D eigenvalue weighted by Gasteiger charge is -2.19. The SMILES string of the molecule is CCN(c1ccc(F)cc1)c1nc(C(C)C)c(CO)s1. The average molecular weight is 294 g/mol. The van der Waals surface area contributed by atoms with Gasteiger partial charge in [-0.25, -0.2) is 9.37 Å². The maximum atomic E-state index is 13.0. The van der Waals surface area contributed by atoms with Crippen LogP contribution in [0, 0.1) is 5.82 Å². The van der Waals surface area contributed by atoms with Gasteiger partial charge in [-0.2, -0.15) is 0 Å². The molecule has 20 heavy (non-hydrogen) atoms. The third-order valence-electron chi connectivity index (χ3n) is 3.09. The second-order valence-corrected chi connectivity index (χ2v) is 5.90. The standard InChI is InChI=1S/C15H19FN2OS/c1-4-18(12-7-5-11(16)6-8-12)15-17-14(10(2)3)13(9-19)20-15/h5-8,10,19H,4,9H2,1-3H3. The molecule has 1 aromatic carbocycles. The van der Waals surface area contributed by atoms with Crippen molar-refractivity contribution < 1.29 is 9.50 Å². The molecule has 2 aromatic rings. The number of thiazole rings is 1. The molecule has 0 fully saturated rings. The quantitative estimate of drug-likeness (QED) is 0.903. The summed E-state index contributed by atoms with van der Waals surface area (Å²) in [6, 6.07) is 6.38. The normalized spacial score (nSPS) is 11.1. The summed E-state index contributed by atoms with van der Waals surface area (Å²) in [6.45, 7) is 6.89. The minimum absolute atomic E-state index is 0.00610. The third-order valence-corrected chi connectivity index (χ3v) is 4.17. The molecule has 1 heterocycles. The summed E-state index contributed by atoms with van der Waals surface area (Å²) in [5, 5.41) is 10.3. The van der Waals surface area contributed by atoms with Gasteiger partial charge in [0, 0.05) is 12.2 Å². The Hall–Kier alpha value is -1.46. The van der Waals surface area contributed by atoms with Gasteiger partial charge in [-0.3, -0.25) is 0 Å². The van der Waals surface area contributed by atoms with Crippen LogP contribution in [0.5, 0.6) is 0 Å². The van der Waals surface area contributed by atoms with Crippen LogP contribution in [-0.4, -0.2) is 16.6 Å². The first-order valence-electron chi connectivity index (χ1n) is 6.70. The molecule has 1 aromatic heterocycles. The van der Waals surface area contributed by atoms with Crippen molar-refractivity contribution in [2.45, 2.75) is 33.3 Å². The van der Waals surface area contributed by atoms with Gasteiger partial charge in [-0.15, -0.1) is 0 Å². The molecule has 0 aliphatic carbocycles. The maximum absolute atomic E-state index is 13.0. The van der Waals surface area contributed by atoms with Crippen molar-refractivity contribution >= 4 is 22.2 Å². The van der Waals surface area contributed by atoms with Crippen LogP contribution in [0.15, 0.2) is 24.3 Å². The number of aliphatic hydroxyl groups excluding tert-OH is 1. The molecular weight excluding hydrogens is 275 g/mol. The molecule has 108 valence electrons. The Morgan fingerprint density at radius 1 is 1.30 bits per heavy atom. The number of anilines is 2. The van der Waals surface area contributed by atoms with Gasteiger partial charge in [0.05, 0.1) is 17.2 Å². The van der Waals surface area contributed by atoms with Crippen molar-refractivity contribution in [2.24, 2.45) is 0 Å². The highest BCUT2D eigenvalue weighted by atomic mass is 32.1. The zero-order valence-electron chi connectivity index (χ0n) is 11.9. The summed E-state index contributed by atoms with van der Waals surface area (Å²) < 4.78 is 13.0. The Bertz CT molecular complexity index is 566. The third kappa shape index (κ3) is 2.99. The van der Waals surface area contributed by atoms with E-state index < -0.39 is 0 Å². The molecule has 0 amide bonds. The molecule has 1 N–H and O–H groups in total. The largest absolute Gasteiger partial charge is 0.391 e. The molecule has 0 saturated heterocycles. The zero-order valence-corrected chi connectivity index (χ0v) is 12.7. The minimum atomic E-state index is -0.247. The summed E-state index contributed by atoms with van der Waals surface area (Å²) in [6.07, 6.45) is 0. The molecule has 0 aliphatic heterocycles. The lowest BCUT2D eigenvalue weighted by molar-refractivity contribution is 0.283. The van der Waals surface area contributed by atoms with Gasteiger partial charge < -0.3 is 10.0 Å². The van der Waals surface area contributed by atoms with Gasteiger partial charge in [0.2, 0.25) is 0 Å². The zero-order chi connectivity index (χ0) is 14.7. The molecule has 0 saturated carbocycles. The number of nitrogens with zero attached hydrogens (tertiary/aromatic N) is 2. The number of benzene rings is 1. The van der Waals surface area contributed by atoms with Crippen LogP contribution in [0.4, 0.5) is 15.2 Å². The molecule has 0 aliphatic rings. The van der Waals surface area contributed by atoms with E-state index in [4.69, 9.17) is 0 Å². The summed E-state index contributed by atoms with van der Waals surface area (Å²) in [5.74, 6) is 0.0249. The van der Waals surface area contributed by atoms with Crippen LogP contribution in [0.3, 0.4) is 0 Å². The summed E-state index contributed by atoms with van der Waals surface area (Å²) in [5.41, 5.74) is 1.84. The fourth-order valence-corrected chi connectivity index (χ4v) is 3.24. The monoisotopic (exact) mass is 294 g/mol. The van der Waals surface area contributed by atoms with Gasteiger partial charge in [-0.1, -0.05) is 25.2 Å². The van der Waals surface area contributed by atoms with Gasteiger partial charge in [0.15, 0.2) is 5.13 Å². The predicted octanol–water partition coefficient (Wildman–Crippen LogP) is 4.06. The van der Waals surface area contributed by atoms with Crippen molar-refractivity contribution in [2.75, 3.05) is 11.4 Å². The highest BCUT2D eigenvalue weighted by Crippen LogP contribution is 2.34. The number of rotatable bonds is 5. The van der Waals surface area contributed by atoms with Crippen LogP contribution >= 0.6 is 11.3 Å². The summed E-state index contributed by atoms with van der Waals surface area (Å²) in [4.78, 5) is 7.56. The molecule has 2 rings (SSSR count). The van der Waals surface area contributed by atoms with Crippen LogP contribution in [0.2, 0.25) is 0 Å². The van der Waals surface area contributed by atoms with Gasteiger partial charge in [-0.05, 0) is 37.1 Å². The molecule has 0 radical (unpaired) electrons. The molecule has 3 nitrogen and oxygen atoms in total. The lowest BCUT2D eigenvalue weighted by Crippen LogP contribution is -2.15. The second-order valence-electron chi connectivity index (χ2n) is 4.84. The van der Waals surface area contributed by atoms with E-state index in [1.807, 2.05) is 11.8 Å². The Kier molecular flexibility index (Phi) is 4.73. The van der Waals surface area contributed by atoms with Crippen molar-refractivity contribution in [1.29, 1.82) is 0 Å².